The van der Waals surface area contributed by atoms with Crippen LogP contribution in [0.5, 0.6) is 0 Å². The summed E-state index contributed by atoms with van der Waals surface area (Å²) in [6, 6.07) is 9.49. The number of carbonyl (C=O) groups is 2. The Morgan fingerprint density at radius 1 is 0.939 bits per heavy atom. The first-order valence-electron chi connectivity index (χ1n) is 12.1. The zero-order valence-electron chi connectivity index (χ0n) is 19.6. The van der Waals surface area contributed by atoms with Gasteiger partial charge in [-0.1, -0.05) is 30.3 Å². The van der Waals surface area contributed by atoms with Gasteiger partial charge >= 0.3 is 0 Å². The van der Waals surface area contributed by atoms with Crippen molar-refractivity contribution in [3.8, 4) is 0 Å². The van der Waals surface area contributed by atoms with Crippen LogP contribution in [0.15, 0.2) is 30.3 Å². The number of hydrogen-bond donors (Lipinski definition) is 0. The second-order valence-electron chi connectivity index (χ2n) is 9.53. The number of piperazine rings is 1. The summed E-state index contributed by atoms with van der Waals surface area (Å²) in [5, 5.41) is 0. The topological polar surface area (TPSA) is 81.2 Å². The SMILES string of the molecule is CC1CCCCN1C(=O)CN1CCN(C(=O)C(c2ccccc2)N2CCS(=O)(=O)CC2)CC1. The molecule has 0 spiro atoms. The van der Waals surface area contributed by atoms with Gasteiger partial charge < -0.3 is 9.80 Å². The third-order valence-corrected chi connectivity index (χ3v) is 8.87. The van der Waals surface area contributed by atoms with Crippen molar-refractivity contribution < 1.29 is 18.0 Å². The summed E-state index contributed by atoms with van der Waals surface area (Å²) in [6.07, 6.45) is 3.35. The third-order valence-electron chi connectivity index (χ3n) is 7.26. The summed E-state index contributed by atoms with van der Waals surface area (Å²) >= 11 is 0. The van der Waals surface area contributed by atoms with E-state index in [2.05, 4.69) is 11.8 Å². The predicted octanol–water partition coefficient (Wildman–Crippen LogP) is 1.00. The van der Waals surface area contributed by atoms with Crippen LogP contribution in [-0.4, -0.2) is 110 Å². The molecule has 0 bridgehead atoms. The van der Waals surface area contributed by atoms with Crippen molar-refractivity contribution >= 4 is 21.7 Å². The van der Waals surface area contributed by atoms with Gasteiger partial charge in [0.15, 0.2) is 9.84 Å². The van der Waals surface area contributed by atoms with E-state index in [-0.39, 0.29) is 23.3 Å². The van der Waals surface area contributed by atoms with E-state index >= 15 is 0 Å². The van der Waals surface area contributed by atoms with Crippen molar-refractivity contribution in [1.82, 2.24) is 19.6 Å². The molecular weight excluding hydrogens is 440 g/mol. The van der Waals surface area contributed by atoms with Crippen LogP contribution >= 0.6 is 0 Å². The van der Waals surface area contributed by atoms with Gasteiger partial charge in [0.05, 0.1) is 18.1 Å². The molecule has 1 aromatic rings. The molecule has 3 fully saturated rings. The van der Waals surface area contributed by atoms with E-state index in [9.17, 15) is 18.0 Å². The van der Waals surface area contributed by atoms with Gasteiger partial charge in [-0.3, -0.25) is 19.4 Å². The average Bonchev–Trinajstić information content (AvgIpc) is 2.81. The Morgan fingerprint density at radius 3 is 2.24 bits per heavy atom. The highest BCUT2D eigenvalue weighted by Gasteiger charge is 2.36. The van der Waals surface area contributed by atoms with E-state index in [1.54, 1.807) is 0 Å². The highest BCUT2D eigenvalue weighted by atomic mass is 32.2. The lowest BCUT2D eigenvalue weighted by Crippen LogP contribution is -2.55. The van der Waals surface area contributed by atoms with E-state index in [0.717, 1.165) is 24.9 Å². The third kappa shape index (κ3) is 5.94. The maximum Gasteiger partial charge on any atom is 0.244 e. The molecular formula is C24H36N4O4S. The molecule has 3 heterocycles. The first-order valence-corrected chi connectivity index (χ1v) is 14.0. The molecule has 3 aliphatic heterocycles. The molecule has 2 amide bonds. The lowest BCUT2D eigenvalue weighted by atomic mass is 10.0. The summed E-state index contributed by atoms with van der Waals surface area (Å²) in [5.74, 6) is 0.401. The van der Waals surface area contributed by atoms with Crippen molar-refractivity contribution in [2.45, 2.75) is 38.3 Å². The van der Waals surface area contributed by atoms with E-state index in [0.29, 0.717) is 51.9 Å². The minimum absolute atomic E-state index is 0.0242. The lowest BCUT2D eigenvalue weighted by molar-refractivity contribution is -0.140. The molecule has 0 radical (unpaired) electrons. The monoisotopic (exact) mass is 476 g/mol. The molecule has 1 aromatic carbocycles. The highest BCUT2D eigenvalue weighted by molar-refractivity contribution is 7.91. The second-order valence-corrected chi connectivity index (χ2v) is 11.8. The van der Waals surface area contributed by atoms with Crippen LogP contribution in [0.25, 0.3) is 0 Å². The number of rotatable bonds is 5. The van der Waals surface area contributed by atoms with Crippen molar-refractivity contribution in [3.63, 3.8) is 0 Å². The Kier molecular flexibility index (Phi) is 7.71. The molecule has 9 heteroatoms. The normalized spacial score (nSPS) is 25.5. The minimum atomic E-state index is -3.02. The molecule has 0 aliphatic carbocycles. The molecule has 3 aliphatic rings. The molecule has 182 valence electrons. The number of nitrogens with zero attached hydrogens (tertiary/aromatic N) is 4. The van der Waals surface area contributed by atoms with Crippen LogP contribution in [0.4, 0.5) is 0 Å². The minimum Gasteiger partial charge on any atom is -0.339 e. The van der Waals surface area contributed by atoms with Gasteiger partial charge in [-0.15, -0.1) is 0 Å². The van der Waals surface area contributed by atoms with Gasteiger partial charge in [0.25, 0.3) is 0 Å². The molecule has 0 N–H and O–H groups in total. The van der Waals surface area contributed by atoms with Crippen molar-refractivity contribution in [3.05, 3.63) is 35.9 Å². The van der Waals surface area contributed by atoms with Gasteiger partial charge in [0.2, 0.25) is 11.8 Å². The Labute approximate surface area is 197 Å². The number of amides is 2. The fraction of sp³-hybridized carbons (Fsp3) is 0.667. The second kappa shape index (κ2) is 10.5. The first-order chi connectivity index (χ1) is 15.8. The molecule has 33 heavy (non-hydrogen) atoms. The fourth-order valence-electron chi connectivity index (χ4n) is 5.18. The quantitative estimate of drug-likeness (QED) is 0.631. The van der Waals surface area contributed by atoms with Crippen LogP contribution in [0.3, 0.4) is 0 Å². The smallest absolute Gasteiger partial charge is 0.244 e. The van der Waals surface area contributed by atoms with Crippen molar-refractivity contribution in [1.29, 1.82) is 0 Å². The Morgan fingerprint density at radius 2 is 1.61 bits per heavy atom. The first kappa shape index (κ1) is 24.2. The number of piperidine rings is 1. The Balaban J connectivity index is 1.37. The zero-order valence-corrected chi connectivity index (χ0v) is 20.4. The van der Waals surface area contributed by atoms with Gasteiger partial charge in [-0.2, -0.15) is 0 Å². The van der Waals surface area contributed by atoms with E-state index < -0.39 is 15.9 Å². The summed E-state index contributed by atoms with van der Waals surface area (Å²) in [5.41, 5.74) is 0.901. The molecule has 4 rings (SSSR count). The van der Waals surface area contributed by atoms with Crippen molar-refractivity contribution in [2.75, 3.05) is 63.9 Å². The number of carbonyl (C=O) groups excluding carboxylic acids is 2. The van der Waals surface area contributed by atoms with Crippen LogP contribution in [0, 0.1) is 0 Å². The summed E-state index contributed by atoms with van der Waals surface area (Å²) in [6.45, 7) is 6.65. The summed E-state index contributed by atoms with van der Waals surface area (Å²) in [4.78, 5) is 34.5. The molecule has 8 nitrogen and oxygen atoms in total. The van der Waals surface area contributed by atoms with Crippen LogP contribution < -0.4 is 0 Å². The van der Waals surface area contributed by atoms with E-state index in [1.807, 2.05) is 45.0 Å². The maximum absolute atomic E-state index is 13.6. The number of sulfone groups is 1. The summed E-state index contributed by atoms with van der Waals surface area (Å²) in [7, 11) is -3.02. The van der Waals surface area contributed by atoms with Gasteiger partial charge in [-0.25, -0.2) is 8.42 Å². The predicted molar refractivity (Wildman–Crippen MR) is 127 cm³/mol. The van der Waals surface area contributed by atoms with Crippen LogP contribution in [0.1, 0.15) is 37.8 Å². The number of hydrogen-bond acceptors (Lipinski definition) is 6. The largest absolute Gasteiger partial charge is 0.339 e. The average molecular weight is 477 g/mol. The fourth-order valence-corrected chi connectivity index (χ4v) is 6.41. The maximum atomic E-state index is 13.6. The van der Waals surface area contributed by atoms with Crippen molar-refractivity contribution in [2.24, 2.45) is 0 Å². The molecule has 2 unspecified atom stereocenters. The molecule has 2 atom stereocenters. The molecule has 0 aromatic heterocycles. The zero-order chi connectivity index (χ0) is 23.4. The van der Waals surface area contributed by atoms with Gasteiger partial charge in [0, 0.05) is 51.9 Å². The Hall–Kier alpha value is -1.97. The van der Waals surface area contributed by atoms with E-state index in [1.165, 1.54) is 6.42 Å². The number of likely N-dealkylation sites (tertiary alicyclic amines) is 1. The van der Waals surface area contributed by atoms with Gasteiger partial charge in [-0.05, 0) is 31.7 Å². The number of benzene rings is 1. The van der Waals surface area contributed by atoms with Crippen LogP contribution in [0.2, 0.25) is 0 Å². The molecule has 3 saturated heterocycles. The standard InChI is InChI=1S/C24H36N4O4S/c1-20-7-5-6-10-28(20)22(29)19-25-11-13-27(14-12-25)24(30)23(21-8-3-2-4-9-21)26-15-17-33(31,32)18-16-26/h2-4,8-9,20,23H,5-7,10-19H2,1H3. The van der Waals surface area contributed by atoms with E-state index in [4.69, 9.17) is 0 Å². The lowest BCUT2D eigenvalue weighted by Gasteiger charge is -2.41. The van der Waals surface area contributed by atoms with Gasteiger partial charge in [0.1, 0.15) is 6.04 Å². The van der Waals surface area contributed by atoms with Crippen LogP contribution in [-0.2, 0) is 19.4 Å². The highest BCUT2D eigenvalue weighted by Crippen LogP contribution is 2.26. The molecule has 0 saturated carbocycles. The Bertz CT molecular complexity index is 917. The summed E-state index contributed by atoms with van der Waals surface area (Å²) < 4.78 is 23.9.